The Bertz CT molecular complexity index is 540. The summed E-state index contributed by atoms with van der Waals surface area (Å²) in [7, 11) is 0. The molecule has 3 nitrogen and oxygen atoms in total. The fourth-order valence-corrected chi connectivity index (χ4v) is 2.03. The molecular weight excluding hydrogens is 210 g/mol. The first-order valence-electron chi connectivity index (χ1n) is 5.70. The summed E-state index contributed by atoms with van der Waals surface area (Å²) in [5.74, 6) is 0.348. The smallest absolute Gasteiger partial charge is 0.0834 e. The van der Waals surface area contributed by atoms with Crippen molar-refractivity contribution in [2.75, 3.05) is 0 Å². The molecule has 1 aliphatic carbocycles. The summed E-state index contributed by atoms with van der Waals surface area (Å²) in [5, 5.41) is 4.36. The van der Waals surface area contributed by atoms with Gasteiger partial charge in [0.1, 0.15) is 0 Å². The number of hydrogen-bond donors (Lipinski definition) is 0. The molecule has 0 radical (unpaired) electrons. The molecule has 2 aromatic heterocycles. The van der Waals surface area contributed by atoms with Gasteiger partial charge in [-0.2, -0.15) is 5.10 Å². The van der Waals surface area contributed by atoms with Gasteiger partial charge >= 0.3 is 0 Å². The van der Waals surface area contributed by atoms with E-state index in [1.54, 1.807) is 0 Å². The van der Waals surface area contributed by atoms with Crippen molar-refractivity contribution in [2.24, 2.45) is 0 Å². The van der Waals surface area contributed by atoms with E-state index in [1.807, 2.05) is 35.3 Å². The van der Waals surface area contributed by atoms with Crippen LogP contribution < -0.4 is 0 Å². The first kappa shape index (κ1) is 10.0. The molecule has 3 heteroatoms. The average molecular weight is 223 g/mol. The molecule has 17 heavy (non-hydrogen) atoms. The molecule has 0 spiro atoms. The quantitative estimate of drug-likeness (QED) is 0.800. The first-order chi connectivity index (χ1) is 8.43. The van der Waals surface area contributed by atoms with Crippen molar-refractivity contribution in [3.63, 3.8) is 0 Å². The Morgan fingerprint density at radius 3 is 2.71 bits per heavy atom. The van der Waals surface area contributed by atoms with Crippen LogP contribution in [0, 0.1) is 0 Å². The van der Waals surface area contributed by atoms with E-state index in [0.717, 1.165) is 12.2 Å². The van der Waals surface area contributed by atoms with Crippen molar-refractivity contribution in [1.29, 1.82) is 0 Å². The van der Waals surface area contributed by atoms with Crippen molar-refractivity contribution < 1.29 is 0 Å². The van der Waals surface area contributed by atoms with Gasteiger partial charge in [0, 0.05) is 24.0 Å². The Balaban J connectivity index is 1.87. The van der Waals surface area contributed by atoms with E-state index < -0.39 is 0 Å². The third-order valence-corrected chi connectivity index (χ3v) is 2.88. The summed E-state index contributed by atoms with van der Waals surface area (Å²) in [6.07, 6.45) is 12.1. The topological polar surface area (TPSA) is 30.7 Å². The standard InChI is InChI=1S/C14H13N3/c1-2-6-12(5-1)14-8-10-16-17(14)11-13-7-3-4-9-15-13/h1-10,12H,11H2. The molecule has 1 aliphatic rings. The summed E-state index contributed by atoms with van der Waals surface area (Å²) in [5.41, 5.74) is 2.24. The van der Waals surface area contributed by atoms with Crippen LogP contribution >= 0.6 is 0 Å². The largest absolute Gasteiger partial charge is 0.263 e. The second-order valence-electron chi connectivity index (χ2n) is 4.03. The zero-order chi connectivity index (χ0) is 11.5. The van der Waals surface area contributed by atoms with Crippen LogP contribution in [0.1, 0.15) is 17.3 Å². The lowest BCUT2D eigenvalue weighted by Gasteiger charge is -2.09. The first-order valence-corrected chi connectivity index (χ1v) is 5.70. The zero-order valence-electron chi connectivity index (χ0n) is 9.40. The van der Waals surface area contributed by atoms with Gasteiger partial charge in [0.2, 0.25) is 0 Å². The van der Waals surface area contributed by atoms with Gasteiger partial charge in [-0.1, -0.05) is 30.4 Å². The predicted octanol–water partition coefficient (Wildman–Crippen LogP) is 2.54. The maximum Gasteiger partial charge on any atom is 0.0834 e. The lowest BCUT2D eigenvalue weighted by atomic mass is 10.1. The van der Waals surface area contributed by atoms with E-state index in [1.165, 1.54) is 5.69 Å². The lowest BCUT2D eigenvalue weighted by Crippen LogP contribution is -2.08. The molecule has 0 amide bonds. The Kier molecular flexibility index (Phi) is 2.58. The number of aromatic nitrogens is 3. The summed E-state index contributed by atoms with van der Waals surface area (Å²) in [4.78, 5) is 4.32. The fraction of sp³-hybridized carbons (Fsp3) is 0.143. The van der Waals surface area contributed by atoms with Crippen LogP contribution in [0.15, 0.2) is 61.0 Å². The third kappa shape index (κ3) is 2.04. The summed E-state index contributed by atoms with van der Waals surface area (Å²) >= 11 is 0. The van der Waals surface area contributed by atoms with Crippen molar-refractivity contribution in [3.8, 4) is 0 Å². The third-order valence-electron chi connectivity index (χ3n) is 2.88. The van der Waals surface area contributed by atoms with Crippen molar-refractivity contribution in [2.45, 2.75) is 12.5 Å². The van der Waals surface area contributed by atoms with E-state index in [-0.39, 0.29) is 0 Å². The molecule has 0 saturated carbocycles. The summed E-state index contributed by atoms with van der Waals surface area (Å²) in [6.45, 7) is 0.724. The Hall–Kier alpha value is -2.16. The van der Waals surface area contributed by atoms with Crippen LogP contribution in [0.25, 0.3) is 0 Å². The average Bonchev–Trinajstić information content (AvgIpc) is 3.00. The van der Waals surface area contributed by atoms with Gasteiger partial charge in [-0.15, -0.1) is 0 Å². The highest BCUT2D eigenvalue weighted by molar-refractivity contribution is 5.30. The fourth-order valence-electron chi connectivity index (χ4n) is 2.03. The van der Waals surface area contributed by atoms with Gasteiger partial charge in [0.05, 0.1) is 12.2 Å². The Labute approximate surface area is 100 Å². The summed E-state index contributed by atoms with van der Waals surface area (Å²) in [6, 6.07) is 8.01. The molecule has 2 aromatic rings. The van der Waals surface area contributed by atoms with Crippen LogP contribution in [-0.2, 0) is 6.54 Å². The molecule has 84 valence electrons. The molecule has 2 heterocycles. The van der Waals surface area contributed by atoms with Crippen LogP contribution in [0.3, 0.4) is 0 Å². The zero-order valence-corrected chi connectivity index (χ0v) is 9.40. The number of pyridine rings is 1. The molecule has 0 fully saturated rings. The molecule has 0 N–H and O–H groups in total. The maximum atomic E-state index is 4.36. The van der Waals surface area contributed by atoms with Gasteiger partial charge in [0.15, 0.2) is 0 Å². The maximum absolute atomic E-state index is 4.36. The van der Waals surface area contributed by atoms with Gasteiger partial charge in [-0.05, 0) is 18.2 Å². The highest BCUT2D eigenvalue weighted by Crippen LogP contribution is 2.22. The molecule has 0 aliphatic heterocycles. The minimum atomic E-state index is 0.348. The van der Waals surface area contributed by atoms with Gasteiger partial charge < -0.3 is 0 Å². The van der Waals surface area contributed by atoms with Crippen LogP contribution in [-0.4, -0.2) is 14.8 Å². The van der Waals surface area contributed by atoms with Crippen LogP contribution in [0.5, 0.6) is 0 Å². The van der Waals surface area contributed by atoms with Crippen molar-refractivity contribution in [1.82, 2.24) is 14.8 Å². The molecule has 0 aromatic carbocycles. The van der Waals surface area contributed by atoms with E-state index in [4.69, 9.17) is 0 Å². The predicted molar refractivity (Wildman–Crippen MR) is 66.6 cm³/mol. The number of hydrogen-bond acceptors (Lipinski definition) is 2. The SMILES string of the molecule is C1=CC(c2ccnn2Cc2ccccn2)C=C1. The Morgan fingerprint density at radius 1 is 1.06 bits per heavy atom. The molecule has 0 saturated heterocycles. The van der Waals surface area contributed by atoms with E-state index >= 15 is 0 Å². The van der Waals surface area contributed by atoms with Crippen LogP contribution in [0.4, 0.5) is 0 Å². The number of nitrogens with zero attached hydrogens (tertiary/aromatic N) is 3. The lowest BCUT2D eigenvalue weighted by molar-refractivity contribution is 0.634. The van der Waals surface area contributed by atoms with E-state index in [2.05, 4.69) is 40.5 Å². The molecule has 0 atom stereocenters. The summed E-state index contributed by atoms with van der Waals surface area (Å²) < 4.78 is 2.01. The number of rotatable bonds is 3. The highest BCUT2D eigenvalue weighted by atomic mass is 15.3. The van der Waals surface area contributed by atoms with Crippen molar-refractivity contribution >= 4 is 0 Å². The molecular formula is C14H13N3. The molecule has 0 bridgehead atoms. The second kappa shape index (κ2) is 4.37. The second-order valence-corrected chi connectivity index (χ2v) is 4.03. The normalized spacial score (nSPS) is 14.6. The minimum Gasteiger partial charge on any atom is -0.263 e. The van der Waals surface area contributed by atoms with Crippen molar-refractivity contribution in [3.05, 3.63) is 72.4 Å². The monoisotopic (exact) mass is 223 g/mol. The van der Waals surface area contributed by atoms with Gasteiger partial charge in [-0.25, -0.2) is 0 Å². The number of allylic oxidation sites excluding steroid dienone is 4. The van der Waals surface area contributed by atoms with E-state index in [9.17, 15) is 0 Å². The highest BCUT2D eigenvalue weighted by Gasteiger charge is 2.12. The van der Waals surface area contributed by atoms with Crippen LogP contribution in [0.2, 0.25) is 0 Å². The minimum absolute atomic E-state index is 0.348. The van der Waals surface area contributed by atoms with Gasteiger partial charge in [0.25, 0.3) is 0 Å². The molecule has 3 rings (SSSR count). The Morgan fingerprint density at radius 2 is 1.94 bits per heavy atom. The van der Waals surface area contributed by atoms with Gasteiger partial charge in [-0.3, -0.25) is 9.67 Å². The van der Waals surface area contributed by atoms with E-state index in [0.29, 0.717) is 5.92 Å². The molecule has 0 unspecified atom stereocenters.